The monoisotopic (exact) mass is 295 g/mol. The van der Waals surface area contributed by atoms with Gasteiger partial charge in [-0.1, -0.05) is 0 Å². The summed E-state index contributed by atoms with van der Waals surface area (Å²) >= 11 is 0. The normalized spacial score (nSPS) is 13.7. The number of hydrogen-bond donors (Lipinski definition) is 2. The Morgan fingerprint density at radius 2 is 2.14 bits per heavy atom. The number of fused-ring (bicyclic) bond motifs is 2. The maximum absolute atomic E-state index is 5.87. The third-order valence-corrected chi connectivity index (χ3v) is 4.09. The first-order chi connectivity index (χ1) is 10.7. The highest BCUT2D eigenvalue weighted by Crippen LogP contribution is 2.27. The average Bonchev–Trinajstić information content (AvgIpc) is 2.83. The van der Waals surface area contributed by atoms with E-state index in [1.165, 1.54) is 5.56 Å². The number of aromatic nitrogens is 2. The second kappa shape index (κ2) is 4.94. The van der Waals surface area contributed by atoms with E-state index in [1.807, 2.05) is 48.4 Å². The molecule has 112 valence electrons. The van der Waals surface area contributed by atoms with Crippen LogP contribution in [0.1, 0.15) is 12.0 Å². The van der Waals surface area contributed by atoms with Gasteiger partial charge in [0, 0.05) is 11.8 Å². The minimum atomic E-state index is 0.770. The van der Waals surface area contributed by atoms with E-state index in [-0.39, 0.29) is 0 Å². The quantitative estimate of drug-likeness (QED) is 0.563. The zero-order valence-corrected chi connectivity index (χ0v) is 12.5. The molecule has 0 amide bonds. The molecule has 5 heteroatoms. The lowest BCUT2D eigenvalue weighted by Gasteiger charge is -2.17. The topological polar surface area (TPSA) is 56.1 Å². The van der Waals surface area contributed by atoms with Crippen LogP contribution in [-0.4, -0.2) is 11.3 Å². The van der Waals surface area contributed by atoms with Crippen LogP contribution in [0.25, 0.3) is 11.0 Å². The Morgan fingerprint density at radius 1 is 1.23 bits per heavy atom. The summed E-state index contributed by atoms with van der Waals surface area (Å²) in [4.78, 5) is 0. The summed E-state index contributed by atoms with van der Waals surface area (Å²) in [6, 6.07) is 12.2. The molecule has 3 aromatic rings. The Labute approximate surface area is 128 Å². The van der Waals surface area contributed by atoms with Gasteiger partial charge in [0.25, 0.3) is 6.33 Å². The van der Waals surface area contributed by atoms with Crippen LogP contribution < -0.4 is 20.5 Å². The minimum Gasteiger partial charge on any atom is -0.493 e. The van der Waals surface area contributed by atoms with Gasteiger partial charge in [0.05, 0.1) is 19.3 Å². The Balaban J connectivity index is 1.72. The molecule has 2 heterocycles. The Kier molecular flexibility index (Phi) is 2.92. The highest BCUT2D eigenvalue weighted by Gasteiger charge is 2.15. The van der Waals surface area contributed by atoms with E-state index in [1.54, 1.807) is 0 Å². The van der Waals surface area contributed by atoms with Crippen LogP contribution in [0.15, 0.2) is 42.7 Å². The molecule has 0 atom stereocenters. The predicted molar refractivity (Wildman–Crippen MR) is 86.8 cm³/mol. The molecule has 0 unspecified atom stereocenters. The molecule has 1 aromatic heterocycles. The molecule has 4 rings (SSSR count). The van der Waals surface area contributed by atoms with Crippen LogP contribution in [0.2, 0.25) is 0 Å². The van der Waals surface area contributed by atoms with Crippen molar-refractivity contribution in [3.63, 3.8) is 0 Å². The Morgan fingerprint density at radius 3 is 3.05 bits per heavy atom. The van der Waals surface area contributed by atoms with Crippen molar-refractivity contribution in [3.8, 4) is 5.75 Å². The molecule has 0 radical (unpaired) electrons. The van der Waals surface area contributed by atoms with E-state index >= 15 is 0 Å². The number of benzene rings is 2. The lowest BCUT2D eigenvalue weighted by molar-refractivity contribution is -0.645. The van der Waals surface area contributed by atoms with Gasteiger partial charge in [-0.25, -0.2) is 9.99 Å². The summed E-state index contributed by atoms with van der Waals surface area (Å²) in [6.45, 7) is 0.819. The number of hydrogen-bond acceptors (Lipinski definition) is 3. The van der Waals surface area contributed by atoms with Crippen molar-refractivity contribution in [2.45, 2.75) is 12.8 Å². The third-order valence-electron chi connectivity index (χ3n) is 4.09. The number of aryl methyl sites for hydroxylation is 2. The third kappa shape index (κ3) is 2.15. The van der Waals surface area contributed by atoms with Crippen molar-refractivity contribution >= 4 is 22.4 Å². The van der Waals surface area contributed by atoms with Crippen molar-refractivity contribution in [3.05, 3.63) is 48.3 Å². The fourth-order valence-electron chi connectivity index (χ4n) is 2.98. The van der Waals surface area contributed by atoms with Gasteiger partial charge in [-0.2, -0.15) is 0 Å². The van der Waals surface area contributed by atoms with E-state index in [9.17, 15) is 0 Å². The first-order valence-electron chi connectivity index (χ1n) is 7.50. The maximum Gasteiger partial charge on any atom is 0.268 e. The lowest BCUT2D eigenvalue weighted by Crippen LogP contribution is -2.26. The maximum atomic E-state index is 5.87. The second-order valence-electron chi connectivity index (χ2n) is 5.73. The number of nitrogen functional groups attached to an aromatic ring is 1. The minimum absolute atomic E-state index is 0.770. The second-order valence-corrected chi connectivity index (χ2v) is 5.73. The summed E-state index contributed by atoms with van der Waals surface area (Å²) in [6.07, 6.45) is 4.17. The standard InChI is InChI=1S/C17H19N4O/c1-20-11-21(15-6-4-13(18)10-16(15)20)19-14-5-7-17-12(9-14)3-2-8-22-17/h4-7,9-11,19H,2-3,8,18H2,1H3/q+1. The molecular weight excluding hydrogens is 276 g/mol. The van der Waals surface area contributed by atoms with Crippen LogP contribution in [0.3, 0.4) is 0 Å². The summed E-state index contributed by atoms with van der Waals surface area (Å²) in [5.74, 6) is 1.01. The van der Waals surface area contributed by atoms with Gasteiger partial charge >= 0.3 is 0 Å². The predicted octanol–water partition coefficient (Wildman–Crippen LogP) is 2.25. The SMILES string of the molecule is C[n+]1cn(Nc2ccc3c(c2)CCCO3)c2ccc(N)cc21. The Hall–Kier alpha value is -2.69. The summed E-state index contributed by atoms with van der Waals surface area (Å²) in [7, 11) is 2.01. The first-order valence-corrected chi connectivity index (χ1v) is 7.50. The lowest BCUT2D eigenvalue weighted by atomic mass is 10.1. The summed E-state index contributed by atoms with van der Waals surface area (Å²) in [5, 5.41) is 0. The van der Waals surface area contributed by atoms with E-state index in [0.29, 0.717) is 0 Å². The van der Waals surface area contributed by atoms with Crippen molar-refractivity contribution < 1.29 is 9.30 Å². The highest BCUT2D eigenvalue weighted by molar-refractivity contribution is 5.76. The molecule has 0 saturated heterocycles. The number of ether oxygens (including phenoxy) is 1. The Bertz CT molecular complexity index is 853. The summed E-state index contributed by atoms with van der Waals surface area (Å²) < 4.78 is 9.73. The molecule has 0 saturated carbocycles. The largest absolute Gasteiger partial charge is 0.493 e. The molecule has 2 aromatic carbocycles. The number of nitrogens with one attached hydrogen (secondary N) is 1. The molecule has 0 aliphatic carbocycles. The van der Waals surface area contributed by atoms with Gasteiger partial charge in [-0.3, -0.25) is 0 Å². The van der Waals surface area contributed by atoms with Gasteiger partial charge in [0.15, 0.2) is 11.0 Å². The molecule has 1 aliphatic rings. The van der Waals surface area contributed by atoms with Crippen molar-refractivity contribution in [1.82, 2.24) is 4.68 Å². The van der Waals surface area contributed by atoms with Gasteiger partial charge in [0.2, 0.25) is 0 Å². The van der Waals surface area contributed by atoms with Crippen LogP contribution in [0, 0.1) is 0 Å². The fraction of sp³-hybridized carbons (Fsp3) is 0.235. The molecule has 5 nitrogen and oxygen atoms in total. The van der Waals surface area contributed by atoms with Gasteiger partial charge in [-0.05, 0) is 48.7 Å². The number of anilines is 2. The first kappa shape index (κ1) is 13.0. The van der Waals surface area contributed by atoms with Gasteiger partial charge in [0.1, 0.15) is 5.75 Å². The smallest absolute Gasteiger partial charge is 0.268 e. The number of rotatable bonds is 2. The molecule has 22 heavy (non-hydrogen) atoms. The number of nitrogens with two attached hydrogens (primary N) is 1. The average molecular weight is 295 g/mol. The molecule has 1 aliphatic heterocycles. The van der Waals surface area contributed by atoms with Crippen molar-refractivity contribution in [2.75, 3.05) is 17.8 Å². The fourth-order valence-corrected chi connectivity index (χ4v) is 2.98. The summed E-state index contributed by atoms with van der Waals surface area (Å²) in [5.41, 5.74) is 14.6. The van der Waals surface area contributed by atoms with Crippen molar-refractivity contribution in [2.24, 2.45) is 7.05 Å². The zero-order valence-electron chi connectivity index (χ0n) is 12.5. The van der Waals surface area contributed by atoms with Crippen LogP contribution in [0.5, 0.6) is 5.75 Å². The van der Waals surface area contributed by atoms with Crippen molar-refractivity contribution in [1.29, 1.82) is 0 Å². The van der Waals surface area contributed by atoms with E-state index < -0.39 is 0 Å². The number of imidazole rings is 1. The molecule has 0 bridgehead atoms. The van der Waals surface area contributed by atoms with Gasteiger partial charge in [-0.15, -0.1) is 4.68 Å². The van der Waals surface area contributed by atoms with Crippen LogP contribution >= 0.6 is 0 Å². The zero-order chi connectivity index (χ0) is 15.1. The van der Waals surface area contributed by atoms with Crippen LogP contribution in [0.4, 0.5) is 11.4 Å². The number of nitrogens with zero attached hydrogens (tertiary/aromatic N) is 2. The van der Waals surface area contributed by atoms with Gasteiger partial charge < -0.3 is 10.5 Å². The molecule has 0 spiro atoms. The molecular formula is C17H19N4O+. The molecule has 0 fully saturated rings. The van der Waals surface area contributed by atoms with E-state index in [4.69, 9.17) is 10.5 Å². The van der Waals surface area contributed by atoms with E-state index in [2.05, 4.69) is 16.1 Å². The highest BCUT2D eigenvalue weighted by atomic mass is 16.5. The van der Waals surface area contributed by atoms with Crippen LogP contribution in [-0.2, 0) is 13.5 Å². The van der Waals surface area contributed by atoms with E-state index in [0.717, 1.165) is 47.6 Å². The molecule has 3 N–H and O–H groups in total.